The summed E-state index contributed by atoms with van der Waals surface area (Å²) in [5.41, 5.74) is 2.59. The lowest BCUT2D eigenvalue weighted by Crippen LogP contribution is -1.82. The Morgan fingerprint density at radius 2 is 1.79 bits per heavy atom. The highest BCUT2D eigenvalue weighted by Gasteiger charge is 1.96. The zero-order chi connectivity index (χ0) is 10.2. The summed E-state index contributed by atoms with van der Waals surface area (Å²) in [6.07, 6.45) is 7.87. The van der Waals surface area contributed by atoms with Crippen LogP contribution in [0.3, 0.4) is 0 Å². The van der Waals surface area contributed by atoms with Gasteiger partial charge in [-0.25, -0.2) is 0 Å². The van der Waals surface area contributed by atoms with Crippen molar-refractivity contribution >= 4 is 5.57 Å². The molecule has 0 atom stereocenters. The zero-order valence-corrected chi connectivity index (χ0v) is 8.45. The van der Waals surface area contributed by atoms with Crippen molar-refractivity contribution in [2.75, 3.05) is 0 Å². The van der Waals surface area contributed by atoms with Crippen LogP contribution in [0.15, 0.2) is 61.7 Å². The maximum absolute atomic E-state index is 3.77. The smallest absolute Gasteiger partial charge is 0.00972 e. The average molecular weight is 184 g/mol. The lowest BCUT2D eigenvalue weighted by molar-refractivity contribution is 1.33. The fraction of sp³-hybridized carbons (Fsp3) is 0.143. The monoisotopic (exact) mass is 184 g/mol. The third-order valence-electron chi connectivity index (χ3n) is 2.04. The summed E-state index contributed by atoms with van der Waals surface area (Å²) in [6, 6.07) is 10.4. The SMILES string of the molecule is C=CC/C=C(\CC=C)c1ccccc1. The molecule has 1 rings (SSSR count). The lowest BCUT2D eigenvalue weighted by atomic mass is 10.0. The van der Waals surface area contributed by atoms with Gasteiger partial charge in [0.25, 0.3) is 0 Å². The molecule has 0 amide bonds. The first-order valence-electron chi connectivity index (χ1n) is 4.84. The molecule has 1 aromatic carbocycles. The molecule has 14 heavy (non-hydrogen) atoms. The van der Waals surface area contributed by atoms with Gasteiger partial charge in [0, 0.05) is 0 Å². The highest BCUT2D eigenvalue weighted by atomic mass is 14.0. The van der Waals surface area contributed by atoms with Crippen molar-refractivity contribution in [1.29, 1.82) is 0 Å². The maximum atomic E-state index is 3.77. The van der Waals surface area contributed by atoms with E-state index < -0.39 is 0 Å². The van der Waals surface area contributed by atoms with E-state index >= 15 is 0 Å². The Kier molecular flexibility index (Phi) is 4.49. The van der Waals surface area contributed by atoms with Gasteiger partial charge in [0.1, 0.15) is 0 Å². The molecule has 0 saturated carbocycles. The Labute approximate surface area is 86.3 Å². The van der Waals surface area contributed by atoms with Crippen LogP contribution in [0.2, 0.25) is 0 Å². The second-order valence-corrected chi connectivity index (χ2v) is 3.11. The van der Waals surface area contributed by atoms with Crippen LogP contribution in [0.25, 0.3) is 5.57 Å². The van der Waals surface area contributed by atoms with Gasteiger partial charge in [0.2, 0.25) is 0 Å². The third-order valence-corrected chi connectivity index (χ3v) is 2.04. The molecule has 0 aliphatic rings. The molecule has 0 spiro atoms. The van der Waals surface area contributed by atoms with E-state index in [9.17, 15) is 0 Å². The van der Waals surface area contributed by atoms with Crippen LogP contribution in [0.5, 0.6) is 0 Å². The van der Waals surface area contributed by atoms with E-state index in [0.29, 0.717) is 0 Å². The van der Waals surface area contributed by atoms with Crippen LogP contribution in [0.4, 0.5) is 0 Å². The van der Waals surface area contributed by atoms with Crippen molar-refractivity contribution in [3.05, 3.63) is 67.3 Å². The first-order chi connectivity index (χ1) is 6.88. The van der Waals surface area contributed by atoms with E-state index in [1.807, 2.05) is 18.2 Å². The molecule has 0 heteroatoms. The molecular weight excluding hydrogens is 168 g/mol. The van der Waals surface area contributed by atoms with Crippen LogP contribution >= 0.6 is 0 Å². The van der Waals surface area contributed by atoms with Gasteiger partial charge in [-0.3, -0.25) is 0 Å². The van der Waals surface area contributed by atoms with E-state index in [0.717, 1.165) is 12.8 Å². The minimum atomic E-state index is 0.915. The molecule has 0 fully saturated rings. The van der Waals surface area contributed by atoms with Gasteiger partial charge >= 0.3 is 0 Å². The van der Waals surface area contributed by atoms with E-state index in [1.165, 1.54) is 11.1 Å². The summed E-state index contributed by atoms with van der Waals surface area (Å²) >= 11 is 0. The Balaban J connectivity index is 2.87. The largest absolute Gasteiger partial charge is 0.103 e. The minimum absolute atomic E-state index is 0.915. The minimum Gasteiger partial charge on any atom is -0.103 e. The summed E-state index contributed by atoms with van der Waals surface area (Å²) in [7, 11) is 0. The molecule has 0 radical (unpaired) electrons. The maximum Gasteiger partial charge on any atom is -0.00972 e. The highest BCUT2D eigenvalue weighted by Crippen LogP contribution is 2.18. The molecule has 0 aromatic heterocycles. The summed E-state index contributed by atoms with van der Waals surface area (Å²) in [4.78, 5) is 0. The van der Waals surface area contributed by atoms with Gasteiger partial charge in [-0.2, -0.15) is 0 Å². The van der Waals surface area contributed by atoms with E-state index in [-0.39, 0.29) is 0 Å². The van der Waals surface area contributed by atoms with E-state index in [2.05, 4.69) is 43.5 Å². The molecule has 0 aliphatic heterocycles. The van der Waals surface area contributed by atoms with Crippen LogP contribution in [-0.2, 0) is 0 Å². The molecule has 0 saturated heterocycles. The van der Waals surface area contributed by atoms with E-state index in [4.69, 9.17) is 0 Å². The number of hydrogen-bond acceptors (Lipinski definition) is 0. The topological polar surface area (TPSA) is 0 Å². The fourth-order valence-electron chi connectivity index (χ4n) is 1.35. The fourth-order valence-corrected chi connectivity index (χ4v) is 1.35. The van der Waals surface area contributed by atoms with Gasteiger partial charge in [0.15, 0.2) is 0 Å². The van der Waals surface area contributed by atoms with Crippen LogP contribution in [-0.4, -0.2) is 0 Å². The molecular formula is C14H16. The molecule has 72 valence electrons. The van der Waals surface area contributed by atoms with Gasteiger partial charge in [-0.15, -0.1) is 13.2 Å². The Morgan fingerprint density at radius 1 is 1.07 bits per heavy atom. The third kappa shape index (κ3) is 3.06. The van der Waals surface area contributed by atoms with Gasteiger partial charge in [-0.05, 0) is 24.0 Å². The summed E-state index contributed by atoms with van der Waals surface area (Å²) in [5.74, 6) is 0. The standard InChI is InChI=1S/C14H16/c1-3-5-10-13(9-4-2)14-11-7-6-8-12-14/h3-4,6-8,10-12H,1-2,5,9H2/b13-10+. The molecule has 0 bridgehead atoms. The summed E-state index contributed by atoms with van der Waals surface area (Å²) in [6.45, 7) is 7.48. The van der Waals surface area contributed by atoms with Crippen molar-refractivity contribution in [1.82, 2.24) is 0 Å². The van der Waals surface area contributed by atoms with Crippen molar-refractivity contribution in [3.63, 3.8) is 0 Å². The highest BCUT2D eigenvalue weighted by molar-refractivity contribution is 5.66. The van der Waals surface area contributed by atoms with Crippen molar-refractivity contribution in [2.45, 2.75) is 12.8 Å². The van der Waals surface area contributed by atoms with Crippen molar-refractivity contribution in [3.8, 4) is 0 Å². The van der Waals surface area contributed by atoms with Crippen LogP contribution in [0.1, 0.15) is 18.4 Å². The zero-order valence-electron chi connectivity index (χ0n) is 8.45. The summed E-state index contributed by atoms with van der Waals surface area (Å²) < 4.78 is 0. The summed E-state index contributed by atoms with van der Waals surface area (Å²) in [5, 5.41) is 0. The molecule has 1 aromatic rings. The molecule has 0 heterocycles. The molecule has 0 nitrogen and oxygen atoms in total. The van der Waals surface area contributed by atoms with Gasteiger partial charge in [-0.1, -0.05) is 48.6 Å². The molecule has 0 N–H and O–H groups in total. The van der Waals surface area contributed by atoms with E-state index in [1.54, 1.807) is 0 Å². The van der Waals surface area contributed by atoms with Gasteiger partial charge in [0.05, 0.1) is 0 Å². The number of benzene rings is 1. The van der Waals surface area contributed by atoms with Crippen molar-refractivity contribution < 1.29 is 0 Å². The quantitative estimate of drug-likeness (QED) is 0.601. The number of allylic oxidation sites excluding steroid dienone is 4. The Morgan fingerprint density at radius 3 is 2.36 bits per heavy atom. The van der Waals surface area contributed by atoms with Crippen LogP contribution < -0.4 is 0 Å². The Bertz CT molecular complexity index is 317. The second-order valence-electron chi connectivity index (χ2n) is 3.11. The first kappa shape index (κ1) is 10.5. The van der Waals surface area contributed by atoms with Crippen LogP contribution in [0, 0.1) is 0 Å². The second kappa shape index (κ2) is 5.98. The lowest BCUT2D eigenvalue weighted by Gasteiger charge is -2.04. The van der Waals surface area contributed by atoms with Crippen molar-refractivity contribution in [2.24, 2.45) is 0 Å². The molecule has 0 unspecified atom stereocenters. The Hall–Kier alpha value is -1.56. The van der Waals surface area contributed by atoms with Gasteiger partial charge < -0.3 is 0 Å². The number of hydrogen-bond donors (Lipinski definition) is 0. The molecule has 0 aliphatic carbocycles. The predicted molar refractivity (Wildman–Crippen MR) is 64.0 cm³/mol. The number of rotatable bonds is 5. The predicted octanol–water partition coefficient (Wildman–Crippen LogP) is 4.22. The average Bonchev–Trinajstić information content (AvgIpc) is 2.25. The normalized spacial score (nSPS) is 11.0. The first-order valence-corrected chi connectivity index (χ1v) is 4.84.